The molecule has 2 aliphatic rings. The molecule has 0 spiro atoms. The molecule has 3 rings (SSSR count). The summed E-state index contributed by atoms with van der Waals surface area (Å²) >= 11 is 6.02. The number of halogens is 1. The Morgan fingerprint density at radius 2 is 1.86 bits per heavy atom. The van der Waals surface area contributed by atoms with Crippen LogP contribution in [0.25, 0.3) is 0 Å². The number of carbonyl (C=O) groups excluding carboxylic acids is 1. The molecule has 1 aliphatic carbocycles. The predicted octanol–water partition coefficient (Wildman–Crippen LogP) is 3.35. The van der Waals surface area contributed by atoms with Crippen LogP contribution in [0.2, 0.25) is 5.02 Å². The van der Waals surface area contributed by atoms with E-state index in [1.807, 2.05) is 29.2 Å². The average Bonchev–Trinajstić information content (AvgIpc) is 3.16. The van der Waals surface area contributed by atoms with Crippen molar-refractivity contribution in [3.63, 3.8) is 0 Å². The number of nitrogens with two attached hydrogens (primary N) is 1. The molecule has 1 saturated carbocycles. The standard InChI is InChI=1S/C18H25ClN2O/c1-17(12-20)10-11-21(13-17)16(22)18(8-2-3-9-18)14-4-6-15(19)7-5-14/h4-7H,2-3,8-13,20H2,1H3. The van der Waals surface area contributed by atoms with Gasteiger partial charge in [-0.1, -0.05) is 43.5 Å². The molecule has 1 saturated heterocycles. The van der Waals surface area contributed by atoms with E-state index in [1.165, 1.54) is 0 Å². The Morgan fingerprint density at radius 1 is 1.23 bits per heavy atom. The summed E-state index contributed by atoms with van der Waals surface area (Å²) in [7, 11) is 0. The zero-order valence-electron chi connectivity index (χ0n) is 13.3. The summed E-state index contributed by atoms with van der Waals surface area (Å²) in [4.78, 5) is 15.4. The molecule has 1 heterocycles. The summed E-state index contributed by atoms with van der Waals surface area (Å²) in [5, 5.41) is 0.723. The first-order valence-electron chi connectivity index (χ1n) is 8.25. The van der Waals surface area contributed by atoms with Crippen LogP contribution in [0.15, 0.2) is 24.3 Å². The van der Waals surface area contributed by atoms with E-state index in [0.717, 1.165) is 55.8 Å². The van der Waals surface area contributed by atoms with Gasteiger partial charge < -0.3 is 10.6 Å². The number of rotatable bonds is 3. The molecular weight excluding hydrogens is 296 g/mol. The van der Waals surface area contributed by atoms with E-state index in [0.29, 0.717) is 12.5 Å². The molecule has 120 valence electrons. The van der Waals surface area contributed by atoms with Crippen LogP contribution in [-0.2, 0) is 10.2 Å². The van der Waals surface area contributed by atoms with Gasteiger partial charge in [-0.25, -0.2) is 0 Å². The van der Waals surface area contributed by atoms with Gasteiger partial charge in [0.15, 0.2) is 0 Å². The lowest BCUT2D eigenvalue weighted by molar-refractivity contribution is -0.136. The van der Waals surface area contributed by atoms with E-state index >= 15 is 0 Å². The molecule has 1 atom stereocenters. The monoisotopic (exact) mass is 320 g/mol. The molecule has 0 aromatic heterocycles. The van der Waals surface area contributed by atoms with Gasteiger partial charge in [0.25, 0.3) is 0 Å². The van der Waals surface area contributed by atoms with Crippen molar-refractivity contribution in [3.8, 4) is 0 Å². The Kier molecular flexibility index (Phi) is 4.21. The average molecular weight is 321 g/mol. The molecule has 0 radical (unpaired) electrons. The maximum Gasteiger partial charge on any atom is 0.233 e. The van der Waals surface area contributed by atoms with E-state index in [2.05, 4.69) is 6.92 Å². The van der Waals surface area contributed by atoms with Gasteiger partial charge in [-0.05, 0) is 48.9 Å². The van der Waals surface area contributed by atoms with Gasteiger partial charge in [-0.2, -0.15) is 0 Å². The third-order valence-electron chi connectivity index (χ3n) is 5.60. The van der Waals surface area contributed by atoms with Crippen molar-refractivity contribution in [2.24, 2.45) is 11.1 Å². The molecule has 1 amide bonds. The van der Waals surface area contributed by atoms with Crippen LogP contribution in [0.5, 0.6) is 0 Å². The van der Waals surface area contributed by atoms with Crippen LogP contribution in [0.4, 0.5) is 0 Å². The predicted molar refractivity (Wildman–Crippen MR) is 90.0 cm³/mol. The number of likely N-dealkylation sites (tertiary alicyclic amines) is 1. The second-order valence-electron chi connectivity index (χ2n) is 7.29. The van der Waals surface area contributed by atoms with E-state index in [9.17, 15) is 4.79 Å². The first-order valence-corrected chi connectivity index (χ1v) is 8.62. The Morgan fingerprint density at radius 3 is 2.41 bits per heavy atom. The van der Waals surface area contributed by atoms with Crippen molar-refractivity contribution in [3.05, 3.63) is 34.9 Å². The second kappa shape index (κ2) is 5.86. The van der Waals surface area contributed by atoms with Crippen LogP contribution >= 0.6 is 11.6 Å². The van der Waals surface area contributed by atoms with Crippen molar-refractivity contribution in [1.82, 2.24) is 4.90 Å². The highest BCUT2D eigenvalue weighted by Crippen LogP contribution is 2.44. The lowest BCUT2D eigenvalue weighted by Gasteiger charge is -2.34. The van der Waals surface area contributed by atoms with Gasteiger partial charge in [0, 0.05) is 18.1 Å². The summed E-state index contributed by atoms with van der Waals surface area (Å²) in [5.74, 6) is 0.296. The molecule has 1 aromatic rings. The molecule has 22 heavy (non-hydrogen) atoms. The fourth-order valence-corrected chi connectivity index (χ4v) is 4.17. The van der Waals surface area contributed by atoms with Crippen molar-refractivity contribution >= 4 is 17.5 Å². The second-order valence-corrected chi connectivity index (χ2v) is 7.72. The smallest absolute Gasteiger partial charge is 0.233 e. The number of hydrogen-bond donors (Lipinski definition) is 1. The lowest BCUT2D eigenvalue weighted by atomic mass is 9.77. The van der Waals surface area contributed by atoms with Gasteiger partial charge in [-0.3, -0.25) is 4.79 Å². The van der Waals surface area contributed by atoms with E-state index in [-0.39, 0.29) is 10.8 Å². The van der Waals surface area contributed by atoms with Crippen LogP contribution in [0.1, 0.15) is 44.6 Å². The maximum atomic E-state index is 13.3. The number of carbonyl (C=O) groups is 1. The summed E-state index contributed by atoms with van der Waals surface area (Å²) in [6.45, 7) is 4.45. The molecule has 2 fully saturated rings. The number of benzene rings is 1. The summed E-state index contributed by atoms with van der Waals surface area (Å²) in [6.07, 6.45) is 5.14. The minimum absolute atomic E-state index is 0.0788. The van der Waals surface area contributed by atoms with Crippen LogP contribution in [-0.4, -0.2) is 30.4 Å². The van der Waals surface area contributed by atoms with Gasteiger partial charge >= 0.3 is 0 Å². The van der Waals surface area contributed by atoms with Crippen LogP contribution < -0.4 is 5.73 Å². The Balaban J connectivity index is 1.88. The van der Waals surface area contributed by atoms with Gasteiger partial charge in [0.1, 0.15) is 0 Å². The fraction of sp³-hybridized carbons (Fsp3) is 0.611. The minimum Gasteiger partial charge on any atom is -0.341 e. The zero-order chi connectivity index (χ0) is 15.8. The first kappa shape index (κ1) is 15.8. The molecule has 4 heteroatoms. The Bertz CT molecular complexity index is 551. The quantitative estimate of drug-likeness (QED) is 0.928. The SMILES string of the molecule is CC1(CN)CCN(C(=O)C2(c3ccc(Cl)cc3)CCCC2)C1. The van der Waals surface area contributed by atoms with Crippen LogP contribution in [0.3, 0.4) is 0 Å². The summed E-state index contributed by atoms with van der Waals surface area (Å²) < 4.78 is 0. The van der Waals surface area contributed by atoms with E-state index in [1.54, 1.807) is 0 Å². The molecule has 3 nitrogen and oxygen atoms in total. The van der Waals surface area contributed by atoms with E-state index < -0.39 is 0 Å². The summed E-state index contributed by atoms with van der Waals surface area (Å²) in [6, 6.07) is 7.87. The summed E-state index contributed by atoms with van der Waals surface area (Å²) in [5.41, 5.74) is 6.75. The lowest BCUT2D eigenvalue weighted by Crippen LogP contribution is -2.45. The maximum absolute atomic E-state index is 13.3. The Labute approximate surface area is 137 Å². The largest absolute Gasteiger partial charge is 0.341 e. The third-order valence-corrected chi connectivity index (χ3v) is 5.85. The van der Waals surface area contributed by atoms with Gasteiger partial charge in [0.2, 0.25) is 5.91 Å². The van der Waals surface area contributed by atoms with Crippen molar-refractivity contribution in [2.75, 3.05) is 19.6 Å². The highest BCUT2D eigenvalue weighted by molar-refractivity contribution is 6.30. The number of hydrogen-bond acceptors (Lipinski definition) is 2. The van der Waals surface area contributed by atoms with Crippen LogP contribution in [0, 0.1) is 5.41 Å². The van der Waals surface area contributed by atoms with Crippen molar-refractivity contribution < 1.29 is 4.79 Å². The number of nitrogens with zero attached hydrogens (tertiary/aromatic N) is 1. The van der Waals surface area contributed by atoms with Crippen molar-refractivity contribution in [2.45, 2.75) is 44.4 Å². The molecular formula is C18H25ClN2O. The highest BCUT2D eigenvalue weighted by atomic mass is 35.5. The van der Waals surface area contributed by atoms with Gasteiger partial charge in [0.05, 0.1) is 5.41 Å². The third kappa shape index (κ3) is 2.65. The topological polar surface area (TPSA) is 46.3 Å². The zero-order valence-corrected chi connectivity index (χ0v) is 14.0. The Hall–Kier alpha value is -1.06. The first-order chi connectivity index (χ1) is 10.5. The minimum atomic E-state index is -0.343. The molecule has 1 aromatic carbocycles. The van der Waals surface area contributed by atoms with Gasteiger partial charge in [-0.15, -0.1) is 0 Å². The molecule has 1 unspecified atom stereocenters. The van der Waals surface area contributed by atoms with E-state index in [4.69, 9.17) is 17.3 Å². The van der Waals surface area contributed by atoms with Crippen molar-refractivity contribution in [1.29, 1.82) is 0 Å². The normalized spacial score (nSPS) is 27.3. The number of amides is 1. The fourth-order valence-electron chi connectivity index (χ4n) is 4.04. The molecule has 2 N–H and O–H groups in total. The molecule has 1 aliphatic heterocycles. The molecule has 0 bridgehead atoms. The highest BCUT2D eigenvalue weighted by Gasteiger charge is 2.47.